The van der Waals surface area contributed by atoms with Crippen molar-refractivity contribution in [3.8, 4) is 11.5 Å². The molecule has 0 bridgehead atoms. The van der Waals surface area contributed by atoms with Crippen LogP contribution in [0.3, 0.4) is 0 Å². The molecule has 0 spiro atoms. The molecule has 0 saturated carbocycles. The summed E-state index contributed by atoms with van der Waals surface area (Å²) in [6.07, 6.45) is 0. The van der Waals surface area contributed by atoms with Gasteiger partial charge in [0, 0.05) is 25.2 Å². The number of carbonyl (C=O) groups excluding carboxylic acids is 2. The lowest BCUT2D eigenvalue weighted by molar-refractivity contribution is 0.0846. The van der Waals surface area contributed by atoms with Gasteiger partial charge >= 0.3 is 0 Å². The molecular weight excluding hydrogens is 422 g/mol. The van der Waals surface area contributed by atoms with Gasteiger partial charge in [0.05, 0.1) is 5.02 Å². The fourth-order valence-corrected chi connectivity index (χ4v) is 3.88. The molecule has 11 heteroatoms. The number of halogens is 1. The number of carbonyl (C=O) groups is 2. The van der Waals surface area contributed by atoms with Gasteiger partial charge in [-0.15, -0.1) is 0 Å². The SMILES string of the molecule is CN(C)S(=O)(=O)c1cc(C(=O)NNC(=O)c2ccc3c(c2)OCCO3)ccc1Cl. The van der Waals surface area contributed by atoms with Gasteiger partial charge in [0.15, 0.2) is 11.5 Å². The van der Waals surface area contributed by atoms with Gasteiger partial charge in [0.1, 0.15) is 18.1 Å². The van der Waals surface area contributed by atoms with Crippen molar-refractivity contribution in [2.45, 2.75) is 4.90 Å². The van der Waals surface area contributed by atoms with E-state index in [1.165, 1.54) is 38.4 Å². The van der Waals surface area contributed by atoms with E-state index >= 15 is 0 Å². The number of nitrogens with one attached hydrogen (secondary N) is 2. The standard InChI is InChI=1S/C18H18ClN3O6S/c1-22(2)29(25,26)16-10-12(3-5-13(16)19)18(24)21-20-17(23)11-4-6-14-15(9-11)28-8-7-27-14/h3-6,9-10H,7-8H2,1-2H3,(H,20,23)(H,21,24). The van der Waals surface area contributed by atoms with Gasteiger partial charge < -0.3 is 9.47 Å². The van der Waals surface area contributed by atoms with E-state index in [-0.39, 0.29) is 21.0 Å². The second-order valence-corrected chi connectivity index (χ2v) is 8.73. The molecule has 0 aromatic heterocycles. The van der Waals surface area contributed by atoms with E-state index < -0.39 is 21.8 Å². The van der Waals surface area contributed by atoms with Gasteiger partial charge in [-0.2, -0.15) is 0 Å². The van der Waals surface area contributed by atoms with Gasteiger partial charge in [-0.05, 0) is 36.4 Å². The summed E-state index contributed by atoms with van der Waals surface area (Å²) in [5.74, 6) is -0.313. The number of hydrazine groups is 1. The van der Waals surface area contributed by atoms with Crippen molar-refractivity contribution >= 4 is 33.4 Å². The first kappa shape index (κ1) is 20.9. The van der Waals surface area contributed by atoms with Crippen LogP contribution < -0.4 is 20.3 Å². The highest BCUT2D eigenvalue weighted by Crippen LogP contribution is 2.30. The molecule has 0 unspecified atom stereocenters. The maximum atomic E-state index is 12.4. The average molecular weight is 440 g/mol. The Kier molecular flexibility index (Phi) is 5.96. The van der Waals surface area contributed by atoms with E-state index in [4.69, 9.17) is 21.1 Å². The Bertz CT molecular complexity index is 1070. The van der Waals surface area contributed by atoms with Gasteiger partial charge in [0.25, 0.3) is 11.8 Å². The van der Waals surface area contributed by atoms with E-state index in [0.717, 1.165) is 10.4 Å². The summed E-state index contributed by atoms with van der Waals surface area (Å²) in [7, 11) is -1.13. The van der Waals surface area contributed by atoms with Crippen molar-refractivity contribution in [1.82, 2.24) is 15.2 Å². The Labute approximate surface area is 172 Å². The number of hydrogen-bond acceptors (Lipinski definition) is 6. The van der Waals surface area contributed by atoms with E-state index in [1.54, 1.807) is 6.07 Å². The summed E-state index contributed by atoms with van der Waals surface area (Å²) in [5, 5.41) is -0.0180. The maximum absolute atomic E-state index is 12.4. The average Bonchev–Trinajstić information content (AvgIpc) is 2.71. The Morgan fingerprint density at radius 2 is 1.48 bits per heavy atom. The molecule has 3 rings (SSSR count). The minimum atomic E-state index is -3.84. The van der Waals surface area contributed by atoms with Gasteiger partial charge in [-0.3, -0.25) is 20.4 Å². The molecule has 1 aliphatic rings. The Morgan fingerprint density at radius 1 is 0.931 bits per heavy atom. The zero-order valence-corrected chi connectivity index (χ0v) is 17.1. The van der Waals surface area contributed by atoms with Gasteiger partial charge in [0.2, 0.25) is 10.0 Å². The third-order valence-corrected chi connectivity index (χ3v) is 6.34. The number of amides is 2. The molecule has 0 atom stereocenters. The molecule has 2 aromatic rings. The van der Waals surface area contributed by atoms with Crippen LogP contribution in [0.4, 0.5) is 0 Å². The molecule has 2 N–H and O–H groups in total. The molecular formula is C18H18ClN3O6S. The van der Waals surface area contributed by atoms with Gasteiger partial charge in [-0.1, -0.05) is 11.6 Å². The minimum Gasteiger partial charge on any atom is -0.486 e. The van der Waals surface area contributed by atoms with E-state index in [9.17, 15) is 18.0 Å². The number of sulfonamides is 1. The molecule has 0 fully saturated rings. The first-order valence-corrected chi connectivity index (χ1v) is 10.2. The van der Waals surface area contributed by atoms with Crippen molar-refractivity contribution in [3.63, 3.8) is 0 Å². The topological polar surface area (TPSA) is 114 Å². The zero-order valence-electron chi connectivity index (χ0n) is 15.6. The predicted molar refractivity (Wildman–Crippen MR) is 105 cm³/mol. The third-order valence-electron chi connectivity index (χ3n) is 4.05. The number of ether oxygens (including phenoxy) is 2. The van der Waals surface area contributed by atoms with Crippen LogP contribution in [0.1, 0.15) is 20.7 Å². The van der Waals surface area contributed by atoms with Crippen molar-refractivity contribution in [1.29, 1.82) is 0 Å². The molecule has 154 valence electrons. The fraction of sp³-hybridized carbons (Fsp3) is 0.222. The summed E-state index contributed by atoms with van der Waals surface area (Å²) >= 11 is 5.97. The smallest absolute Gasteiger partial charge is 0.269 e. The molecule has 1 heterocycles. The summed E-state index contributed by atoms with van der Waals surface area (Å²) < 4.78 is 36.4. The van der Waals surface area contributed by atoms with Crippen molar-refractivity contribution in [2.75, 3.05) is 27.3 Å². The largest absolute Gasteiger partial charge is 0.486 e. The predicted octanol–water partition coefficient (Wildman–Crippen LogP) is 1.44. The van der Waals surface area contributed by atoms with Gasteiger partial charge in [-0.25, -0.2) is 12.7 Å². The molecule has 0 aliphatic carbocycles. The molecule has 2 aromatic carbocycles. The zero-order chi connectivity index (χ0) is 21.2. The highest BCUT2D eigenvalue weighted by atomic mass is 35.5. The van der Waals surface area contributed by atoms with Crippen LogP contribution in [0.25, 0.3) is 0 Å². The quantitative estimate of drug-likeness (QED) is 0.697. The number of nitrogens with zero attached hydrogens (tertiary/aromatic N) is 1. The molecule has 2 amide bonds. The lowest BCUT2D eigenvalue weighted by atomic mass is 10.2. The summed E-state index contributed by atoms with van der Waals surface area (Å²) in [5.41, 5.74) is 4.78. The van der Waals surface area contributed by atoms with Crippen LogP contribution in [-0.2, 0) is 10.0 Å². The van der Waals surface area contributed by atoms with E-state index in [2.05, 4.69) is 10.9 Å². The lowest BCUT2D eigenvalue weighted by Crippen LogP contribution is -2.41. The Balaban J connectivity index is 1.72. The van der Waals surface area contributed by atoms with Crippen LogP contribution in [0.5, 0.6) is 11.5 Å². The fourth-order valence-electron chi connectivity index (χ4n) is 2.48. The van der Waals surface area contributed by atoms with Crippen molar-refractivity contribution < 1.29 is 27.5 Å². The van der Waals surface area contributed by atoms with E-state index in [0.29, 0.717) is 24.7 Å². The minimum absolute atomic E-state index is 0.0114. The van der Waals surface area contributed by atoms with Crippen LogP contribution in [0, 0.1) is 0 Å². The monoisotopic (exact) mass is 439 g/mol. The van der Waals surface area contributed by atoms with Crippen molar-refractivity contribution in [2.24, 2.45) is 0 Å². The normalized spacial score (nSPS) is 13.1. The maximum Gasteiger partial charge on any atom is 0.269 e. The van der Waals surface area contributed by atoms with Crippen LogP contribution in [0.2, 0.25) is 5.02 Å². The summed E-state index contributed by atoms with van der Waals surface area (Å²) in [6.45, 7) is 0.810. The molecule has 9 nitrogen and oxygen atoms in total. The van der Waals surface area contributed by atoms with Crippen molar-refractivity contribution in [3.05, 3.63) is 52.5 Å². The number of benzene rings is 2. The first-order valence-electron chi connectivity index (χ1n) is 8.42. The first-order chi connectivity index (χ1) is 13.7. The molecule has 1 aliphatic heterocycles. The molecule has 29 heavy (non-hydrogen) atoms. The second kappa shape index (κ2) is 8.27. The summed E-state index contributed by atoms with van der Waals surface area (Å²) in [6, 6.07) is 8.42. The molecule has 0 saturated heterocycles. The number of fused-ring (bicyclic) bond motifs is 1. The Morgan fingerprint density at radius 3 is 2.10 bits per heavy atom. The lowest BCUT2D eigenvalue weighted by Gasteiger charge is -2.18. The van der Waals surface area contributed by atoms with Crippen LogP contribution in [0.15, 0.2) is 41.3 Å². The van der Waals surface area contributed by atoms with Crippen LogP contribution >= 0.6 is 11.6 Å². The summed E-state index contributed by atoms with van der Waals surface area (Å²) in [4.78, 5) is 24.4. The second-order valence-electron chi connectivity index (χ2n) is 6.20. The van der Waals surface area contributed by atoms with E-state index in [1.807, 2.05) is 0 Å². The molecule has 0 radical (unpaired) electrons. The third kappa shape index (κ3) is 4.44. The van der Waals surface area contributed by atoms with Crippen LogP contribution in [-0.4, -0.2) is 51.8 Å². The highest BCUT2D eigenvalue weighted by molar-refractivity contribution is 7.89. The number of rotatable bonds is 4. The highest BCUT2D eigenvalue weighted by Gasteiger charge is 2.23. The Hall–Kier alpha value is -2.82. The number of hydrogen-bond donors (Lipinski definition) is 2.